The standard InChI is InChI=1S/C26H27NO5/c1-17-14-22-20(18-6-3-2-4-7-18)8-5-9-21(22)19(17)10-11-27-12-13-32-24(16-27)23(26(30)31)15-25(28)29/h2-9,15,24H,10-14,16H2,1H3,(H,28,29)(H,30,31). The van der Waals surface area contributed by atoms with Crippen molar-refractivity contribution in [1.29, 1.82) is 0 Å². The number of fused-ring (bicyclic) bond motifs is 1. The molecule has 0 radical (unpaired) electrons. The number of nitrogens with zero attached hydrogens (tertiary/aromatic N) is 1. The van der Waals surface area contributed by atoms with Crippen LogP contribution in [-0.4, -0.2) is 59.4 Å². The third kappa shape index (κ3) is 4.66. The van der Waals surface area contributed by atoms with Crippen molar-refractivity contribution in [2.75, 3.05) is 26.2 Å². The minimum Gasteiger partial charge on any atom is -0.478 e. The highest BCUT2D eigenvalue weighted by molar-refractivity contribution is 5.95. The Kier molecular flexibility index (Phi) is 6.53. The van der Waals surface area contributed by atoms with E-state index in [2.05, 4.69) is 54.3 Å². The van der Waals surface area contributed by atoms with E-state index >= 15 is 0 Å². The van der Waals surface area contributed by atoms with Crippen LogP contribution in [0.1, 0.15) is 24.5 Å². The molecule has 0 saturated carbocycles. The number of carboxylic acid groups (broad SMARTS) is 2. The van der Waals surface area contributed by atoms with Crippen molar-refractivity contribution < 1.29 is 24.5 Å². The minimum absolute atomic E-state index is 0.212. The highest BCUT2D eigenvalue weighted by Crippen LogP contribution is 2.40. The summed E-state index contributed by atoms with van der Waals surface area (Å²) in [5.41, 5.74) is 7.66. The summed E-state index contributed by atoms with van der Waals surface area (Å²) in [6.07, 6.45) is 1.79. The Labute approximate surface area is 187 Å². The molecule has 0 bridgehead atoms. The quantitative estimate of drug-likeness (QED) is 0.645. The molecule has 2 aromatic carbocycles. The van der Waals surface area contributed by atoms with Crippen LogP contribution < -0.4 is 0 Å². The van der Waals surface area contributed by atoms with Gasteiger partial charge in [0.25, 0.3) is 0 Å². The maximum Gasteiger partial charge on any atom is 0.334 e. The highest BCUT2D eigenvalue weighted by atomic mass is 16.5. The fourth-order valence-electron chi connectivity index (χ4n) is 4.69. The first-order chi connectivity index (χ1) is 15.4. The molecule has 166 valence electrons. The van der Waals surface area contributed by atoms with Gasteiger partial charge in [0.1, 0.15) is 6.10 Å². The summed E-state index contributed by atoms with van der Waals surface area (Å²) in [6.45, 7) is 4.39. The number of benzene rings is 2. The normalized spacial score (nSPS) is 19.2. The van der Waals surface area contributed by atoms with E-state index in [4.69, 9.17) is 9.84 Å². The average molecular weight is 434 g/mol. The third-order valence-electron chi connectivity index (χ3n) is 6.24. The van der Waals surface area contributed by atoms with Gasteiger partial charge in [-0.05, 0) is 47.6 Å². The molecule has 2 aliphatic rings. The van der Waals surface area contributed by atoms with Crippen molar-refractivity contribution in [1.82, 2.24) is 4.90 Å². The van der Waals surface area contributed by atoms with Gasteiger partial charge in [0.05, 0.1) is 12.2 Å². The molecule has 1 aliphatic heterocycles. The maximum atomic E-state index is 11.5. The van der Waals surface area contributed by atoms with Gasteiger partial charge in [0, 0.05) is 25.7 Å². The van der Waals surface area contributed by atoms with Crippen LogP contribution in [0, 0.1) is 0 Å². The third-order valence-corrected chi connectivity index (χ3v) is 6.24. The predicted octanol–water partition coefficient (Wildman–Crippen LogP) is 3.87. The van der Waals surface area contributed by atoms with Crippen molar-refractivity contribution >= 4 is 17.5 Å². The molecule has 1 fully saturated rings. The number of ether oxygens (including phenoxy) is 1. The maximum absolute atomic E-state index is 11.5. The van der Waals surface area contributed by atoms with Gasteiger partial charge < -0.3 is 14.9 Å². The predicted molar refractivity (Wildman–Crippen MR) is 122 cm³/mol. The van der Waals surface area contributed by atoms with Crippen molar-refractivity contribution in [2.45, 2.75) is 25.9 Å². The summed E-state index contributed by atoms with van der Waals surface area (Å²) in [6, 6.07) is 16.9. The van der Waals surface area contributed by atoms with Gasteiger partial charge in [0.2, 0.25) is 0 Å². The van der Waals surface area contributed by atoms with Gasteiger partial charge in [-0.3, -0.25) is 4.90 Å². The van der Waals surface area contributed by atoms with Gasteiger partial charge in [-0.25, -0.2) is 9.59 Å². The van der Waals surface area contributed by atoms with Crippen LogP contribution in [0.2, 0.25) is 0 Å². The largest absolute Gasteiger partial charge is 0.478 e. The molecule has 1 aliphatic carbocycles. The fraction of sp³-hybridized carbons (Fsp3) is 0.308. The Hall–Kier alpha value is -3.22. The number of rotatable bonds is 7. The lowest BCUT2D eigenvalue weighted by Crippen LogP contribution is -2.44. The van der Waals surface area contributed by atoms with Gasteiger partial charge in [-0.1, -0.05) is 54.1 Å². The lowest BCUT2D eigenvalue weighted by Gasteiger charge is -2.33. The van der Waals surface area contributed by atoms with Crippen molar-refractivity contribution in [3.05, 3.63) is 76.9 Å². The topological polar surface area (TPSA) is 87.1 Å². The number of carboxylic acids is 2. The molecular formula is C26H27NO5. The van der Waals surface area contributed by atoms with E-state index in [0.29, 0.717) is 19.7 Å². The first-order valence-electron chi connectivity index (χ1n) is 10.8. The second-order valence-electron chi connectivity index (χ2n) is 8.29. The van der Waals surface area contributed by atoms with E-state index in [9.17, 15) is 14.7 Å². The van der Waals surface area contributed by atoms with Crippen LogP contribution in [0.3, 0.4) is 0 Å². The molecule has 0 aromatic heterocycles. The summed E-state index contributed by atoms with van der Waals surface area (Å²) in [5, 5.41) is 18.4. The molecule has 1 atom stereocenters. The Morgan fingerprint density at radius 2 is 1.84 bits per heavy atom. The van der Waals surface area contributed by atoms with Gasteiger partial charge in [-0.2, -0.15) is 0 Å². The van der Waals surface area contributed by atoms with E-state index in [1.165, 1.54) is 33.4 Å². The van der Waals surface area contributed by atoms with E-state index < -0.39 is 18.0 Å². The molecule has 0 spiro atoms. The first-order valence-corrected chi connectivity index (χ1v) is 10.8. The lowest BCUT2D eigenvalue weighted by atomic mass is 9.94. The first kappa shape index (κ1) is 22.0. The molecule has 2 aromatic rings. The number of hydrogen-bond acceptors (Lipinski definition) is 4. The SMILES string of the molecule is CC1=C(CCN2CCOC(C(=CC(=O)O)C(=O)O)C2)c2cccc(-c3ccccc3)c2C1. The van der Waals surface area contributed by atoms with E-state index in [1.807, 2.05) is 6.07 Å². The van der Waals surface area contributed by atoms with Crippen LogP contribution in [0.5, 0.6) is 0 Å². The molecular weight excluding hydrogens is 406 g/mol. The van der Waals surface area contributed by atoms with Crippen LogP contribution in [0.4, 0.5) is 0 Å². The fourth-order valence-corrected chi connectivity index (χ4v) is 4.69. The van der Waals surface area contributed by atoms with Crippen molar-refractivity contribution in [3.63, 3.8) is 0 Å². The van der Waals surface area contributed by atoms with Gasteiger partial charge in [-0.15, -0.1) is 0 Å². The van der Waals surface area contributed by atoms with Crippen LogP contribution in [0.15, 0.2) is 65.8 Å². The number of allylic oxidation sites excluding steroid dienone is 1. The summed E-state index contributed by atoms with van der Waals surface area (Å²) in [4.78, 5) is 24.7. The zero-order valence-corrected chi connectivity index (χ0v) is 18.1. The van der Waals surface area contributed by atoms with Crippen LogP contribution in [-0.2, 0) is 20.7 Å². The molecule has 4 rings (SSSR count). The van der Waals surface area contributed by atoms with Gasteiger partial charge in [0.15, 0.2) is 0 Å². The smallest absolute Gasteiger partial charge is 0.334 e. The van der Waals surface area contributed by atoms with E-state index in [-0.39, 0.29) is 5.57 Å². The van der Waals surface area contributed by atoms with E-state index in [0.717, 1.165) is 25.5 Å². The second-order valence-corrected chi connectivity index (χ2v) is 8.29. The molecule has 6 heteroatoms. The summed E-state index contributed by atoms with van der Waals surface area (Å²) in [7, 11) is 0. The van der Waals surface area contributed by atoms with Crippen LogP contribution >= 0.6 is 0 Å². The molecule has 1 saturated heterocycles. The van der Waals surface area contributed by atoms with Crippen molar-refractivity contribution in [2.24, 2.45) is 0 Å². The van der Waals surface area contributed by atoms with Crippen LogP contribution in [0.25, 0.3) is 16.7 Å². The second kappa shape index (κ2) is 9.51. The van der Waals surface area contributed by atoms with Gasteiger partial charge >= 0.3 is 11.9 Å². The Morgan fingerprint density at radius 3 is 2.56 bits per heavy atom. The monoisotopic (exact) mass is 433 g/mol. The summed E-state index contributed by atoms with van der Waals surface area (Å²) < 4.78 is 5.58. The Balaban J connectivity index is 1.48. The molecule has 2 N–H and O–H groups in total. The zero-order valence-electron chi connectivity index (χ0n) is 18.1. The summed E-state index contributed by atoms with van der Waals surface area (Å²) in [5.74, 6) is -2.53. The summed E-state index contributed by atoms with van der Waals surface area (Å²) >= 11 is 0. The van der Waals surface area contributed by atoms with Crippen molar-refractivity contribution in [3.8, 4) is 11.1 Å². The molecule has 0 amide bonds. The molecule has 6 nitrogen and oxygen atoms in total. The number of hydrogen-bond donors (Lipinski definition) is 2. The molecule has 1 heterocycles. The average Bonchev–Trinajstić information content (AvgIpc) is 3.11. The molecule has 32 heavy (non-hydrogen) atoms. The minimum atomic E-state index is -1.28. The Bertz CT molecular complexity index is 1090. The van der Waals surface area contributed by atoms with E-state index in [1.54, 1.807) is 0 Å². The number of carbonyl (C=O) groups is 2. The number of morpholine rings is 1. The highest BCUT2D eigenvalue weighted by Gasteiger charge is 2.29. The lowest BCUT2D eigenvalue weighted by molar-refractivity contribution is -0.137. The molecule has 1 unspecified atom stereocenters. The Morgan fingerprint density at radius 1 is 1.09 bits per heavy atom. The zero-order chi connectivity index (χ0) is 22.7. The number of aliphatic carboxylic acids is 2.